The summed E-state index contributed by atoms with van der Waals surface area (Å²) in [6.45, 7) is 0.719. The van der Waals surface area contributed by atoms with Crippen LogP contribution in [0.5, 0.6) is 11.6 Å². The highest BCUT2D eigenvalue weighted by atomic mass is 79.9. The molecule has 0 bridgehead atoms. The molecule has 2 aromatic rings. The number of nitrogens with zero attached hydrogens (tertiary/aromatic N) is 1. The van der Waals surface area contributed by atoms with Crippen molar-refractivity contribution in [3.8, 4) is 11.6 Å². The Morgan fingerprint density at radius 1 is 1.32 bits per heavy atom. The summed E-state index contributed by atoms with van der Waals surface area (Å²) in [7, 11) is -3.35. The van der Waals surface area contributed by atoms with E-state index in [-0.39, 0.29) is 23.2 Å². The number of hydrogen-bond donors (Lipinski definition) is 1. The van der Waals surface area contributed by atoms with E-state index in [2.05, 4.69) is 26.2 Å². The van der Waals surface area contributed by atoms with Gasteiger partial charge in [-0.2, -0.15) is 0 Å². The first-order valence-electron chi connectivity index (χ1n) is 9.44. The lowest BCUT2D eigenvalue weighted by atomic mass is 10.1. The summed E-state index contributed by atoms with van der Waals surface area (Å²) in [4.78, 5) is 16.8. The van der Waals surface area contributed by atoms with E-state index in [1.165, 1.54) is 12.1 Å². The minimum Gasteiger partial charge on any atom is -0.438 e. The SMILES string of the molecule is CC(F)(F)c1ccc(C(=O)N[C@H](/C=C/S(C)(=O)=O)C2CC2)nc1Oc1cccc(Br)c1. The number of carbonyl (C=O) groups excluding carboxylic acids is 1. The molecule has 1 N–H and O–H groups in total. The molecule has 0 radical (unpaired) electrons. The summed E-state index contributed by atoms with van der Waals surface area (Å²) in [6.07, 6.45) is 4.19. The summed E-state index contributed by atoms with van der Waals surface area (Å²) in [5.41, 5.74) is -0.573. The Balaban J connectivity index is 1.88. The van der Waals surface area contributed by atoms with Crippen LogP contribution >= 0.6 is 15.9 Å². The van der Waals surface area contributed by atoms with Crippen LogP contribution in [0.4, 0.5) is 8.78 Å². The molecule has 0 saturated heterocycles. The molecule has 1 aliphatic carbocycles. The maximum Gasteiger partial charge on any atom is 0.275 e. The zero-order valence-electron chi connectivity index (χ0n) is 16.8. The first-order chi connectivity index (χ1) is 14.4. The minimum absolute atomic E-state index is 0.114. The predicted molar refractivity (Wildman–Crippen MR) is 116 cm³/mol. The molecule has 6 nitrogen and oxygen atoms in total. The Morgan fingerprint density at radius 2 is 2.03 bits per heavy atom. The second-order valence-electron chi connectivity index (χ2n) is 7.49. The van der Waals surface area contributed by atoms with Gasteiger partial charge in [0.2, 0.25) is 5.88 Å². The minimum atomic E-state index is -3.35. The van der Waals surface area contributed by atoms with Crippen LogP contribution in [0, 0.1) is 5.92 Å². The third-order valence-electron chi connectivity index (χ3n) is 4.54. The summed E-state index contributed by atoms with van der Waals surface area (Å²) in [6, 6.07) is 8.40. The van der Waals surface area contributed by atoms with Crippen molar-refractivity contribution in [3.05, 3.63) is 63.6 Å². The van der Waals surface area contributed by atoms with Crippen molar-refractivity contribution in [3.63, 3.8) is 0 Å². The molecule has 10 heteroatoms. The third-order valence-corrected chi connectivity index (χ3v) is 5.68. The van der Waals surface area contributed by atoms with Crippen molar-refractivity contribution < 1.29 is 26.7 Å². The van der Waals surface area contributed by atoms with Gasteiger partial charge in [0.05, 0.1) is 11.6 Å². The molecule has 1 amide bonds. The summed E-state index contributed by atoms with van der Waals surface area (Å²) in [5, 5.41) is 3.77. The standard InChI is InChI=1S/C21H21BrF2N2O4S/c1-21(23,24)16-8-9-18(26-20(16)30-15-5-3-4-14(22)12-15)19(27)25-17(13-6-7-13)10-11-31(2,28)29/h3-5,8-13,17H,6-7H2,1-2H3,(H,25,27)/b11-10+/t17-/m1/s1. The molecule has 0 aliphatic heterocycles. The van der Waals surface area contributed by atoms with Gasteiger partial charge in [0, 0.05) is 23.1 Å². The van der Waals surface area contributed by atoms with Crippen LogP contribution in [-0.4, -0.2) is 31.6 Å². The molecule has 0 unspecified atom stereocenters. The first-order valence-corrected chi connectivity index (χ1v) is 12.2. The molecule has 31 heavy (non-hydrogen) atoms. The number of sulfone groups is 1. The van der Waals surface area contributed by atoms with Crippen molar-refractivity contribution in [1.29, 1.82) is 0 Å². The van der Waals surface area contributed by atoms with Crippen molar-refractivity contribution in [2.45, 2.75) is 31.7 Å². The highest BCUT2D eigenvalue weighted by Crippen LogP contribution is 2.36. The largest absolute Gasteiger partial charge is 0.438 e. The van der Waals surface area contributed by atoms with Crippen molar-refractivity contribution in [1.82, 2.24) is 10.3 Å². The van der Waals surface area contributed by atoms with E-state index in [1.54, 1.807) is 24.3 Å². The average molecular weight is 515 g/mol. The number of nitrogens with one attached hydrogen (secondary N) is 1. The monoisotopic (exact) mass is 514 g/mol. The van der Waals surface area contributed by atoms with Crippen LogP contribution < -0.4 is 10.1 Å². The summed E-state index contributed by atoms with van der Waals surface area (Å²) >= 11 is 3.28. The Hall–Kier alpha value is -2.33. The van der Waals surface area contributed by atoms with E-state index in [0.29, 0.717) is 4.47 Å². The Bertz CT molecular complexity index is 1110. The maximum absolute atomic E-state index is 14.1. The van der Waals surface area contributed by atoms with Crippen LogP contribution in [-0.2, 0) is 15.8 Å². The highest BCUT2D eigenvalue weighted by Gasteiger charge is 2.33. The molecule has 1 aromatic carbocycles. The topological polar surface area (TPSA) is 85.4 Å². The van der Waals surface area contributed by atoms with Gasteiger partial charge in [-0.05, 0) is 49.1 Å². The van der Waals surface area contributed by atoms with Gasteiger partial charge in [0.25, 0.3) is 11.8 Å². The number of amides is 1. The van der Waals surface area contributed by atoms with Gasteiger partial charge >= 0.3 is 0 Å². The maximum atomic E-state index is 14.1. The number of ether oxygens (including phenoxy) is 1. The van der Waals surface area contributed by atoms with Crippen LogP contribution in [0.1, 0.15) is 35.8 Å². The second kappa shape index (κ2) is 9.04. The lowest BCUT2D eigenvalue weighted by Crippen LogP contribution is -2.35. The predicted octanol–water partition coefficient (Wildman–Crippen LogP) is 4.81. The van der Waals surface area contributed by atoms with E-state index in [4.69, 9.17) is 4.74 Å². The molecular formula is C21H21BrF2N2O4S. The number of hydrogen-bond acceptors (Lipinski definition) is 5. The molecule has 0 spiro atoms. The van der Waals surface area contributed by atoms with E-state index < -0.39 is 33.3 Å². The van der Waals surface area contributed by atoms with Crippen molar-refractivity contribution >= 4 is 31.7 Å². The molecule has 1 aliphatic rings. The quantitative estimate of drug-likeness (QED) is 0.545. The lowest BCUT2D eigenvalue weighted by molar-refractivity contribution is 0.0149. The molecule has 3 rings (SSSR count). The van der Waals surface area contributed by atoms with Gasteiger partial charge in [0.15, 0.2) is 9.84 Å². The van der Waals surface area contributed by atoms with Crippen molar-refractivity contribution in [2.75, 3.05) is 6.26 Å². The summed E-state index contributed by atoms with van der Waals surface area (Å²) < 4.78 is 57.2. The van der Waals surface area contributed by atoms with Crippen LogP contribution in [0.25, 0.3) is 0 Å². The molecule has 1 saturated carbocycles. The van der Waals surface area contributed by atoms with Gasteiger partial charge < -0.3 is 10.1 Å². The zero-order valence-corrected chi connectivity index (χ0v) is 19.2. The molecule has 1 heterocycles. The normalized spacial score (nSPS) is 15.6. The third kappa shape index (κ3) is 6.83. The van der Waals surface area contributed by atoms with Gasteiger partial charge in [-0.15, -0.1) is 0 Å². The number of rotatable bonds is 8. The fraction of sp³-hybridized carbons (Fsp3) is 0.333. The van der Waals surface area contributed by atoms with Crippen LogP contribution in [0.3, 0.4) is 0 Å². The van der Waals surface area contributed by atoms with E-state index >= 15 is 0 Å². The van der Waals surface area contributed by atoms with Crippen LogP contribution in [0.2, 0.25) is 0 Å². The van der Waals surface area contributed by atoms with Crippen molar-refractivity contribution in [2.24, 2.45) is 5.92 Å². The molecular weight excluding hydrogens is 494 g/mol. The van der Waals surface area contributed by atoms with Gasteiger partial charge in [0.1, 0.15) is 11.4 Å². The number of halogens is 3. The first kappa shape index (κ1) is 23.3. The fourth-order valence-electron chi connectivity index (χ4n) is 2.85. The lowest BCUT2D eigenvalue weighted by Gasteiger charge is -2.18. The van der Waals surface area contributed by atoms with E-state index in [9.17, 15) is 22.0 Å². The van der Waals surface area contributed by atoms with Gasteiger partial charge in [-0.3, -0.25) is 4.79 Å². The molecule has 1 fully saturated rings. The molecule has 1 aromatic heterocycles. The number of benzene rings is 1. The summed E-state index contributed by atoms with van der Waals surface area (Å²) in [5.74, 6) is -3.83. The Labute approximate surface area is 187 Å². The Morgan fingerprint density at radius 3 is 2.61 bits per heavy atom. The molecule has 1 atom stereocenters. The fourth-order valence-corrected chi connectivity index (χ4v) is 3.68. The van der Waals surface area contributed by atoms with E-state index in [1.807, 2.05) is 0 Å². The van der Waals surface area contributed by atoms with Gasteiger partial charge in [-0.25, -0.2) is 22.2 Å². The number of aromatic nitrogens is 1. The molecule has 166 valence electrons. The Kier molecular flexibility index (Phi) is 6.80. The smallest absolute Gasteiger partial charge is 0.275 e. The van der Waals surface area contributed by atoms with E-state index in [0.717, 1.165) is 37.5 Å². The van der Waals surface area contributed by atoms with Crippen LogP contribution in [0.15, 0.2) is 52.4 Å². The average Bonchev–Trinajstić information content (AvgIpc) is 3.48. The number of pyridine rings is 1. The number of carbonyl (C=O) groups is 1. The second-order valence-corrected chi connectivity index (χ2v) is 10.3. The van der Waals surface area contributed by atoms with Gasteiger partial charge in [-0.1, -0.05) is 28.1 Å². The highest BCUT2D eigenvalue weighted by molar-refractivity contribution is 9.10. The number of alkyl halides is 2. The zero-order chi connectivity index (χ0) is 22.8.